The van der Waals surface area contributed by atoms with Crippen molar-refractivity contribution in [2.75, 3.05) is 0 Å². The Balaban J connectivity index is 3.36. The van der Waals surface area contributed by atoms with Crippen LogP contribution in [0.1, 0.15) is 6.42 Å². The van der Waals surface area contributed by atoms with Crippen LogP contribution in [0.2, 0.25) is 12.6 Å². The molecule has 0 aliphatic heterocycles. The Morgan fingerprint density at radius 1 is 1.50 bits per heavy atom. The zero-order valence-corrected chi connectivity index (χ0v) is 8.55. The van der Waals surface area contributed by atoms with Gasteiger partial charge in [-0.3, -0.25) is 0 Å². The summed E-state index contributed by atoms with van der Waals surface area (Å²) >= 11 is 0. The molecule has 0 bridgehead atoms. The average Bonchev–Trinajstić information content (AvgIpc) is 1.81. The first-order valence-electron chi connectivity index (χ1n) is 2.77. The largest absolute Gasteiger partial charge is 0.388 e. The first-order valence-corrected chi connectivity index (χ1v) is 8.48. The van der Waals surface area contributed by atoms with Crippen molar-refractivity contribution in [3.63, 3.8) is 0 Å². The van der Waals surface area contributed by atoms with Gasteiger partial charge >= 0.3 is 6.18 Å². The maximum Gasteiger partial charge on any atom is 0.388 e. The Bertz CT molecular complexity index is 92.2. The van der Waals surface area contributed by atoms with Crippen molar-refractivity contribution >= 4 is 26.6 Å². The SMILES string of the molecule is C[Si](CCC(F)(F)F)[Si][Si]. The van der Waals surface area contributed by atoms with Gasteiger partial charge in [-0.2, -0.15) is 13.2 Å². The van der Waals surface area contributed by atoms with Crippen LogP contribution in [0.5, 0.6) is 0 Å². The predicted molar refractivity (Wildman–Crippen MR) is 38.6 cm³/mol. The fraction of sp³-hybridized carbons (Fsp3) is 1.00. The maximum atomic E-state index is 11.6. The van der Waals surface area contributed by atoms with E-state index in [1.54, 1.807) is 0 Å². The summed E-state index contributed by atoms with van der Waals surface area (Å²) in [6.07, 6.45) is -4.58. The highest BCUT2D eigenvalue weighted by molar-refractivity contribution is 7.31. The summed E-state index contributed by atoms with van der Waals surface area (Å²) in [6.45, 7) is 1.90. The van der Waals surface area contributed by atoms with Gasteiger partial charge in [-0.05, 0) is 0 Å². The molecule has 0 saturated heterocycles. The molecule has 0 nitrogen and oxygen atoms in total. The van der Waals surface area contributed by atoms with Gasteiger partial charge in [0.2, 0.25) is 0 Å². The number of rotatable bonds is 3. The zero-order valence-electron chi connectivity index (χ0n) is 5.55. The quantitative estimate of drug-likeness (QED) is 0.598. The van der Waals surface area contributed by atoms with E-state index in [9.17, 15) is 13.2 Å². The molecular formula is C4H7F3Si3. The van der Waals surface area contributed by atoms with Gasteiger partial charge in [0, 0.05) is 33.0 Å². The zero-order chi connectivity index (χ0) is 8.20. The summed E-state index contributed by atoms with van der Waals surface area (Å²) in [5.41, 5.74) is 0. The minimum absolute atomic E-state index is 0.329. The lowest BCUT2D eigenvalue weighted by Gasteiger charge is -2.08. The summed E-state index contributed by atoms with van der Waals surface area (Å²) in [5.74, 6) is 0. The summed E-state index contributed by atoms with van der Waals surface area (Å²) in [5, 5.41) is 0. The highest BCUT2D eigenvalue weighted by Gasteiger charge is 2.27. The normalized spacial score (nSPS) is 12.6. The Hall–Kier alpha value is 0.441. The monoisotopic (exact) mass is 196 g/mol. The second kappa shape index (κ2) is 4.35. The number of hydrogen-bond acceptors (Lipinski definition) is 0. The molecule has 0 rings (SSSR count). The first-order chi connectivity index (χ1) is 4.45. The fourth-order valence-corrected chi connectivity index (χ4v) is 3.05. The standard InChI is InChI=1S/C4H7F3Si3/c1-10(9-8)3-2-4(5,6)7/h2-3H2,1H3. The molecule has 6 heteroatoms. The Kier molecular flexibility index (Phi) is 4.54. The lowest BCUT2D eigenvalue weighted by molar-refractivity contribution is -0.130. The van der Waals surface area contributed by atoms with E-state index < -0.39 is 20.9 Å². The van der Waals surface area contributed by atoms with E-state index in [0.29, 0.717) is 14.6 Å². The maximum absolute atomic E-state index is 11.6. The van der Waals surface area contributed by atoms with E-state index in [2.05, 4.69) is 9.76 Å². The van der Waals surface area contributed by atoms with Crippen molar-refractivity contribution < 1.29 is 13.2 Å². The smallest absolute Gasteiger partial charge is 0.171 e. The van der Waals surface area contributed by atoms with Crippen molar-refractivity contribution in [1.82, 2.24) is 0 Å². The highest BCUT2D eigenvalue weighted by Crippen LogP contribution is 2.22. The second-order valence-electron chi connectivity index (χ2n) is 2.02. The molecule has 0 atom stereocenters. The molecule has 0 aromatic heterocycles. The van der Waals surface area contributed by atoms with Gasteiger partial charge in [0.15, 0.2) is 0 Å². The second-order valence-corrected chi connectivity index (χ2v) is 9.89. The molecule has 0 aliphatic rings. The Morgan fingerprint density at radius 2 is 2.00 bits per heavy atom. The van der Waals surface area contributed by atoms with Gasteiger partial charge in [0.25, 0.3) is 0 Å². The van der Waals surface area contributed by atoms with Crippen molar-refractivity contribution in [2.24, 2.45) is 0 Å². The third-order valence-electron chi connectivity index (χ3n) is 0.997. The molecule has 0 fully saturated rings. The van der Waals surface area contributed by atoms with E-state index in [-0.39, 0.29) is 0 Å². The minimum Gasteiger partial charge on any atom is -0.171 e. The van der Waals surface area contributed by atoms with Crippen molar-refractivity contribution in [3.8, 4) is 0 Å². The molecule has 0 amide bonds. The van der Waals surface area contributed by atoms with Crippen LogP contribution in [0.4, 0.5) is 13.2 Å². The molecule has 0 saturated carbocycles. The number of halogens is 3. The molecule has 6 radical (unpaired) electrons. The molecule has 0 heterocycles. The molecule has 0 unspecified atom stereocenters. The highest BCUT2D eigenvalue weighted by atomic mass is 29.5. The lowest BCUT2D eigenvalue weighted by Crippen LogP contribution is -2.21. The van der Waals surface area contributed by atoms with Gasteiger partial charge in [0.05, 0.1) is 0 Å². The van der Waals surface area contributed by atoms with Crippen LogP contribution in [0.25, 0.3) is 0 Å². The van der Waals surface area contributed by atoms with Crippen LogP contribution in [-0.2, 0) is 0 Å². The van der Waals surface area contributed by atoms with Crippen LogP contribution in [0.15, 0.2) is 0 Å². The molecule has 0 N–H and O–H groups in total. The van der Waals surface area contributed by atoms with Crippen LogP contribution < -0.4 is 0 Å². The third-order valence-corrected chi connectivity index (χ3v) is 8.29. The van der Waals surface area contributed by atoms with E-state index in [4.69, 9.17) is 0 Å². The first kappa shape index (κ1) is 10.4. The molecule has 10 heavy (non-hydrogen) atoms. The topological polar surface area (TPSA) is 0 Å². The average molecular weight is 196 g/mol. The van der Waals surface area contributed by atoms with E-state index >= 15 is 0 Å². The minimum atomic E-state index is -3.96. The molecule has 0 aromatic rings. The Labute approximate surface area is 65.6 Å². The summed E-state index contributed by atoms with van der Waals surface area (Å²) < 4.78 is 34.7. The number of hydrogen-bond donors (Lipinski definition) is 0. The van der Waals surface area contributed by atoms with Gasteiger partial charge in [-0.25, -0.2) is 0 Å². The van der Waals surface area contributed by atoms with Gasteiger partial charge < -0.3 is 0 Å². The van der Waals surface area contributed by atoms with E-state index in [1.165, 1.54) is 0 Å². The predicted octanol–water partition coefficient (Wildman–Crippen LogP) is 1.35. The summed E-state index contributed by atoms with van der Waals surface area (Å²) in [7, 11) is 3.02. The Morgan fingerprint density at radius 3 is 2.30 bits per heavy atom. The van der Waals surface area contributed by atoms with Crippen molar-refractivity contribution in [2.45, 2.75) is 25.2 Å². The van der Waals surface area contributed by atoms with Crippen LogP contribution in [0.3, 0.4) is 0 Å². The van der Waals surface area contributed by atoms with E-state index in [1.807, 2.05) is 6.55 Å². The summed E-state index contributed by atoms with van der Waals surface area (Å²) in [6, 6.07) is 0.329. The van der Waals surface area contributed by atoms with E-state index in [0.717, 1.165) is 0 Å². The molecule has 56 valence electrons. The number of alkyl halides is 3. The van der Waals surface area contributed by atoms with Gasteiger partial charge in [0.1, 0.15) is 0 Å². The summed E-state index contributed by atoms with van der Waals surface area (Å²) in [4.78, 5) is 0. The van der Waals surface area contributed by atoms with Gasteiger partial charge in [-0.15, -0.1) is 0 Å². The van der Waals surface area contributed by atoms with Crippen molar-refractivity contribution in [1.29, 1.82) is 0 Å². The molecule has 0 spiro atoms. The van der Waals surface area contributed by atoms with Crippen LogP contribution in [0, 0.1) is 0 Å². The third kappa shape index (κ3) is 6.56. The van der Waals surface area contributed by atoms with Crippen LogP contribution in [-0.4, -0.2) is 32.8 Å². The lowest BCUT2D eigenvalue weighted by atomic mass is 10.5. The van der Waals surface area contributed by atoms with Crippen LogP contribution >= 0.6 is 0 Å². The molecule has 0 aromatic carbocycles. The fourth-order valence-electron chi connectivity index (χ4n) is 0.392. The molecule has 0 aliphatic carbocycles. The molecular weight excluding hydrogens is 189 g/mol. The van der Waals surface area contributed by atoms with Crippen molar-refractivity contribution in [3.05, 3.63) is 0 Å². The van der Waals surface area contributed by atoms with Gasteiger partial charge in [-0.1, -0.05) is 12.6 Å².